The first-order valence-corrected chi connectivity index (χ1v) is 4.56. The summed E-state index contributed by atoms with van der Waals surface area (Å²) in [5.74, 6) is 0.519. The van der Waals surface area contributed by atoms with Crippen LogP contribution in [-0.4, -0.2) is 15.9 Å². The van der Waals surface area contributed by atoms with Crippen LogP contribution in [0.3, 0.4) is 0 Å². The van der Waals surface area contributed by atoms with Crippen LogP contribution in [-0.2, 0) is 0 Å². The average Bonchev–Trinajstić information content (AvgIpc) is 2.63. The van der Waals surface area contributed by atoms with E-state index < -0.39 is 5.91 Å². The van der Waals surface area contributed by atoms with Crippen LogP contribution in [0.25, 0.3) is 11.4 Å². The lowest BCUT2D eigenvalue weighted by Crippen LogP contribution is -2.15. The highest BCUT2D eigenvalue weighted by Gasteiger charge is 2.12. The summed E-state index contributed by atoms with van der Waals surface area (Å²) >= 11 is 0. The molecule has 0 unspecified atom stereocenters. The van der Waals surface area contributed by atoms with Gasteiger partial charge in [0.15, 0.2) is 5.82 Å². The van der Waals surface area contributed by atoms with E-state index in [1.165, 1.54) is 12.5 Å². The number of nitrogens with two attached hydrogens (primary N) is 2. The number of nitrogens with zero attached hydrogens (tertiary/aromatic N) is 2. The van der Waals surface area contributed by atoms with E-state index in [4.69, 9.17) is 15.9 Å². The molecule has 0 bridgehead atoms. The number of primary amides is 1. The number of rotatable bonds is 2. The van der Waals surface area contributed by atoms with E-state index in [-0.39, 0.29) is 11.4 Å². The number of furan rings is 1. The topological polar surface area (TPSA) is 108 Å². The second kappa shape index (κ2) is 3.65. The Hall–Kier alpha value is -2.37. The Bertz CT molecular complexity index is 548. The van der Waals surface area contributed by atoms with Crippen LogP contribution in [0.5, 0.6) is 0 Å². The van der Waals surface area contributed by atoms with Gasteiger partial charge in [-0.05, 0) is 13.0 Å². The highest BCUT2D eigenvalue weighted by molar-refractivity contribution is 5.96. The first-order valence-electron chi connectivity index (χ1n) is 4.56. The predicted molar refractivity (Wildman–Crippen MR) is 57.4 cm³/mol. The zero-order valence-electron chi connectivity index (χ0n) is 8.60. The molecule has 1 amide bonds. The molecular formula is C10H10N4O2. The molecule has 2 heterocycles. The van der Waals surface area contributed by atoms with Gasteiger partial charge in [-0.3, -0.25) is 4.79 Å². The molecule has 82 valence electrons. The third-order valence-corrected chi connectivity index (χ3v) is 2.18. The quantitative estimate of drug-likeness (QED) is 0.772. The Morgan fingerprint density at radius 2 is 2.25 bits per heavy atom. The molecule has 4 N–H and O–H groups in total. The monoisotopic (exact) mass is 218 g/mol. The Labute approximate surface area is 91.3 Å². The maximum absolute atomic E-state index is 10.9. The van der Waals surface area contributed by atoms with E-state index in [2.05, 4.69) is 9.97 Å². The maximum atomic E-state index is 10.9. The third-order valence-electron chi connectivity index (χ3n) is 2.18. The summed E-state index contributed by atoms with van der Waals surface area (Å²) in [5, 5.41) is 0. The average molecular weight is 218 g/mol. The molecule has 0 aliphatic carbocycles. The number of amides is 1. The number of nitrogen functional groups attached to an aromatic ring is 1. The van der Waals surface area contributed by atoms with Gasteiger partial charge in [0, 0.05) is 6.20 Å². The number of carbonyl (C=O) groups is 1. The summed E-state index contributed by atoms with van der Waals surface area (Å²) < 4.78 is 5.12. The molecule has 0 saturated heterocycles. The molecule has 0 aromatic carbocycles. The SMILES string of the molecule is Cc1occc1-c1ncc(C(N)=O)c(N)n1. The van der Waals surface area contributed by atoms with Gasteiger partial charge in [-0.1, -0.05) is 0 Å². The molecular weight excluding hydrogens is 208 g/mol. The highest BCUT2D eigenvalue weighted by Crippen LogP contribution is 2.21. The first kappa shape index (κ1) is 10.2. The lowest BCUT2D eigenvalue weighted by Gasteiger charge is -2.02. The van der Waals surface area contributed by atoms with Gasteiger partial charge in [-0.15, -0.1) is 0 Å². The molecule has 0 radical (unpaired) electrons. The van der Waals surface area contributed by atoms with Crippen molar-refractivity contribution in [3.8, 4) is 11.4 Å². The fraction of sp³-hybridized carbons (Fsp3) is 0.100. The number of aryl methyl sites for hydroxylation is 1. The van der Waals surface area contributed by atoms with Crippen LogP contribution < -0.4 is 11.5 Å². The lowest BCUT2D eigenvalue weighted by molar-refractivity contribution is 0.100. The van der Waals surface area contributed by atoms with Gasteiger partial charge in [0.1, 0.15) is 11.6 Å². The molecule has 2 rings (SSSR count). The van der Waals surface area contributed by atoms with Gasteiger partial charge in [0.2, 0.25) is 0 Å². The van der Waals surface area contributed by atoms with E-state index in [9.17, 15) is 4.79 Å². The van der Waals surface area contributed by atoms with Crippen molar-refractivity contribution in [2.75, 3.05) is 5.73 Å². The van der Waals surface area contributed by atoms with E-state index in [0.29, 0.717) is 11.6 Å². The van der Waals surface area contributed by atoms with Gasteiger partial charge in [0.05, 0.1) is 17.4 Å². The second-order valence-electron chi connectivity index (χ2n) is 3.25. The van der Waals surface area contributed by atoms with E-state index in [1.807, 2.05) is 0 Å². The lowest BCUT2D eigenvalue weighted by atomic mass is 10.2. The summed E-state index contributed by atoms with van der Waals surface area (Å²) in [4.78, 5) is 18.9. The van der Waals surface area contributed by atoms with Crippen LogP contribution in [0.15, 0.2) is 22.9 Å². The van der Waals surface area contributed by atoms with Gasteiger partial charge in [-0.25, -0.2) is 9.97 Å². The fourth-order valence-corrected chi connectivity index (χ4v) is 1.33. The van der Waals surface area contributed by atoms with Gasteiger partial charge in [-0.2, -0.15) is 0 Å². The smallest absolute Gasteiger partial charge is 0.254 e. The Kier molecular flexibility index (Phi) is 2.32. The van der Waals surface area contributed by atoms with Crippen molar-refractivity contribution in [2.24, 2.45) is 5.73 Å². The summed E-state index contributed by atoms with van der Waals surface area (Å²) in [6.45, 7) is 1.79. The largest absolute Gasteiger partial charge is 0.469 e. The second-order valence-corrected chi connectivity index (χ2v) is 3.25. The van der Waals surface area contributed by atoms with Crippen molar-refractivity contribution in [1.82, 2.24) is 9.97 Å². The molecule has 16 heavy (non-hydrogen) atoms. The van der Waals surface area contributed by atoms with E-state index >= 15 is 0 Å². The van der Waals surface area contributed by atoms with Crippen molar-refractivity contribution in [3.05, 3.63) is 29.9 Å². The fourth-order valence-electron chi connectivity index (χ4n) is 1.33. The van der Waals surface area contributed by atoms with Crippen LogP contribution >= 0.6 is 0 Å². The van der Waals surface area contributed by atoms with E-state index in [1.54, 1.807) is 13.0 Å². The minimum absolute atomic E-state index is 0.0677. The number of carbonyl (C=O) groups excluding carboxylic acids is 1. The minimum atomic E-state index is -0.645. The minimum Gasteiger partial charge on any atom is -0.469 e. The zero-order chi connectivity index (χ0) is 11.7. The molecule has 0 saturated carbocycles. The summed E-state index contributed by atoms with van der Waals surface area (Å²) in [6.07, 6.45) is 2.85. The van der Waals surface area contributed by atoms with Crippen molar-refractivity contribution in [3.63, 3.8) is 0 Å². The van der Waals surface area contributed by atoms with Crippen molar-refractivity contribution in [2.45, 2.75) is 6.92 Å². The number of hydrogen-bond acceptors (Lipinski definition) is 5. The molecule has 2 aromatic rings. The Balaban J connectivity index is 2.50. The molecule has 6 heteroatoms. The van der Waals surface area contributed by atoms with Crippen LogP contribution in [0.2, 0.25) is 0 Å². The van der Waals surface area contributed by atoms with Gasteiger partial charge >= 0.3 is 0 Å². The van der Waals surface area contributed by atoms with Crippen molar-refractivity contribution < 1.29 is 9.21 Å². The number of hydrogen-bond donors (Lipinski definition) is 2. The molecule has 6 nitrogen and oxygen atoms in total. The first-order chi connectivity index (χ1) is 7.59. The van der Waals surface area contributed by atoms with Crippen LogP contribution in [0.4, 0.5) is 5.82 Å². The standard InChI is InChI=1S/C10H10N4O2/c1-5-6(2-3-16-5)10-13-4-7(9(12)15)8(11)14-10/h2-4H,1H3,(H2,12,15)(H2,11,13,14). The maximum Gasteiger partial charge on any atom is 0.254 e. The van der Waals surface area contributed by atoms with Gasteiger partial charge in [0.25, 0.3) is 5.91 Å². The molecule has 0 aliphatic heterocycles. The van der Waals surface area contributed by atoms with E-state index in [0.717, 1.165) is 5.56 Å². The summed E-state index contributed by atoms with van der Waals surface area (Å²) in [6, 6.07) is 1.73. The number of anilines is 1. The highest BCUT2D eigenvalue weighted by atomic mass is 16.3. The van der Waals surface area contributed by atoms with Crippen molar-refractivity contribution >= 4 is 11.7 Å². The third kappa shape index (κ3) is 1.60. The Morgan fingerprint density at radius 1 is 1.50 bits per heavy atom. The predicted octanol–water partition coefficient (Wildman–Crippen LogP) is 0.726. The number of aromatic nitrogens is 2. The van der Waals surface area contributed by atoms with Gasteiger partial charge < -0.3 is 15.9 Å². The summed E-state index contributed by atoms with van der Waals surface area (Å²) in [5.41, 5.74) is 11.5. The molecule has 2 aromatic heterocycles. The molecule has 0 fully saturated rings. The van der Waals surface area contributed by atoms with Crippen molar-refractivity contribution in [1.29, 1.82) is 0 Å². The molecule has 0 atom stereocenters. The zero-order valence-corrected chi connectivity index (χ0v) is 8.60. The molecule has 0 spiro atoms. The van der Waals surface area contributed by atoms with Crippen LogP contribution in [0, 0.1) is 6.92 Å². The Morgan fingerprint density at radius 3 is 2.75 bits per heavy atom. The summed E-state index contributed by atoms with van der Waals surface area (Å²) in [7, 11) is 0. The van der Waals surface area contributed by atoms with Crippen LogP contribution in [0.1, 0.15) is 16.1 Å². The molecule has 0 aliphatic rings. The normalized spacial score (nSPS) is 10.3.